The quantitative estimate of drug-likeness (QED) is 0.482. The maximum absolute atomic E-state index is 13.1. The molecule has 0 aromatic heterocycles. The molecule has 3 aromatic rings. The summed E-state index contributed by atoms with van der Waals surface area (Å²) in [6, 6.07) is 22.4. The van der Waals surface area contributed by atoms with Crippen LogP contribution in [0.2, 0.25) is 0 Å². The molecule has 3 amide bonds. The van der Waals surface area contributed by atoms with E-state index in [0.717, 1.165) is 43.7 Å². The van der Waals surface area contributed by atoms with E-state index in [9.17, 15) is 14.4 Å². The average Bonchev–Trinajstić information content (AvgIpc) is 3.26. The summed E-state index contributed by atoms with van der Waals surface area (Å²) < 4.78 is 0. The van der Waals surface area contributed by atoms with Crippen molar-refractivity contribution in [3.63, 3.8) is 0 Å². The Balaban J connectivity index is 1.34. The molecule has 1 fully saturated rings. The molecule has 7 nitrogen and oxygen atoms in total. The van der Waals surface area contributed by atoms with Gasteiger partial charge in [-0.2, -0.15) is 0 Å². The van der Waals surface area contributed by atoms with Gasteiger partial charge in [-0.1, -0.05) is 49.4 Å². The number of fused-ring (bicyclic) bond motifs is 1. The second kappa shape index (κ2) is 11.0. The molecule has 7 heteroatoms. The highest BCUT2D eigenvalue weighted by Gasteiger charge is 2.26. The molecule has 194 valence electrons. The topological polar surface area (TPSA) is 81.8 Å². The predicted molar refractivity (Wildman–Crippen MR) is 150 cm³/mol. The van der Waals surface area contributed by atoms with Gasteiger partial charge in [-0.3, -0.25) is 14.4 Å². The number of hydrogen-bond acceptors (Lipinski definition) is 4. The van der Waals surface area contributed by atoms with Crippen LogP contribution in [0.3, 0.4) is 0 Å². The van der Waals surface area contributed by atoms with Gasteiger partial charge >= 0.3 is 0 Å². The molecule has 0 unspecified atom stereocenters. The van der Waals surface area contributed by atoms with E-state index in [1.807, 2.05) is 54.3 Å². The van der Waals surface area contributed by atoms with Gasteiger partial charge in [0.2, 0.25) is 0 Å². The predicted octanol–water partition coefficient (Wildman–Crippen LogP) is 4.45. The number of likely N-dealkylation sites (N-methyl/N-ethyl adjacent to an activating group) is 1. The second-order valence-corrected chi connectivity index (χ2v) is 9.83. The molecular weight excluding hydrogens is 476 g/mol. The summed E-state index contributed by atoms with van der Waals surface area (Å²) in [5.74, 6) is -0.377. The van der Waals surface area contributed by atoms with Gasteiger partial charge in [-0.25, -0.2) is 0 Å². The SMILES string of the molecule is CC[C@H](NC(=O)c1ccc2c(c1)C(=Cc1ccc(C(=O)N3CCN(C)CC3)cc1)C(=O)N2)c1ccccc1. The van der Waals surface area contributed by atoms with E-state index >= 15 is 0 Å². The van der Waals surface area contributed by atoms with Gasteiger partial charge in [0.25, 0.3) is 17.7 Å². The fraction of sp³-hybridized carbons (Fsp3) is 0.258. The number of benzene rings is 3. The minimum Gasteiger partial charge on any atom is -0.345 e. The second-order valence-electron chi connectivity index (χ2n) is 9.83. The van der Waals surface area contributed by atoms with Crippen molar-refractivity contribution in [3.8, 4) is 0 Å². The third kappa shape index (κ3) is 5.38. The van der Waals surface area contributed by atoms with Gasteiger partial charge < -0.3 is 20.4 Å². The van der Waals surface area contributed by atoms with Crippen molar-refractivity contribution in [1.29, 1.82) is 0 Å². The van der Waals surface area contributed by atoms with E-state index in [1.54, 1.807) is 36.4 Å². The molecule has 0 radical (unpaired) electrons. The number of amides is 3. The lowest BCUT2D eigenvalue weighted by Crippen LogP contribution is -2.47. The zero-order chi connectivity index (χ0) is 26.6. The molecule has 0 bridgehead atoms. The summed E-state index contributed by atoms with van der Waals surface area (Å²) >= 11 is 0. The van der Waals surface area contributed by atoms with Crippen LogP contribution in [0.1, 0.15) is 56.8 Å². The zero-order valence-corrected chi connectivity index (χ0v) is 21.7. The fourth-order valence-corrected chi connectivity index (χ4v) is 4.90. The molecule has 38 heavy (non-hydrogen) atoms. The number of nitrogens with zero attached hydrogens (tertiary/aromatic N) is 2. The Hall–Kier alpha value is -4.23. The van der Waals surface area contributed by atoms with Gasteiger partial charge in [0.1, 0.15) is 0 Å². The molecule has 1 atom stereocenters. The van der Waals surface area contributed by atoms with Crippen LogP contribution in [-0.2, 0) is 4.79 Å². The number of carbonyl (C=O) groups excluding carboxylic acids is 3. The molecule has 0 spiro atoms. The minimum atomic E-state index is -0.217. The lowest BCUT2D eigenvalue weighted by atomic mass is 10.00. The smallest absolute Gasteiger partial charge is 0.256 e. The number of carbonyl (C=O) groups is 3. The van der Waals surface area contributed by atoms with Gasteiger partial charge in [0, 0.05) is 54.1 Å². The highest BCUT2D eigenvalue weighted by molar-refractivity contribution is 6.35. The first-order valence-electron chi connectivity index (χ1n) is 13.0. The first-order valence-corrected chi connectivity index (χ1v) is 13.0. The van der Waals surface area contributed by atoms with Crippen LogP contribution in [0.5, 0.6) is 0 Å². The Bertz CT molecular complexity index is 1370. The van der Waals surface area contributed by atoms with Crippen molar-refractivity contribution >= 4 is 35.1 Å². The molecule has 2 aliphatic heterocycles. The highest BCUT2D eigenvalue weighted by atomic mass is 16.2. The normalized spacial score (nSPS) is 17.2. The largest absolute Gasteiger partial charge is 0.345 e. The number of hydrogen-bond donors (Lipinski definition) is 2. The summed E-state index contributed by atoms with van der Waals surface area (Å²) in [6.07, 6.45) is 2.56. The fourth-order valence-electron chi connectivity index (χ4n) is 4.90. The van der Waals surface area contributed by atoms with Crippen molar-refractivity contribution in [2.45, 2.75) is 19.4 Å². The number of rotatable bonds is 6. The number of anilines is 1. The Kier molecular flexibility index (Phi) is 7.38. The van der Waals surface area contributed by atoms with E-state index in [4.69, 9.17) is 0 Å². The summed E-state index contributed by atoms with van der Waals surface area (Å²) in [5.41, 5.74) is 4.84. The van der Waals surface area contributed by atoms with Crippen LogP contribution in [0.15, 0.2) is 72.8 Å². The lowest BCUT2D eigenvalue weighted by Gasteiger charge is -2.32. The zero-order valence-electron chi connectivity index (χ0n) is 21.7. The standard InChI is InChI=1S/C31H32N4O3/c1-3-27(22-7-5-4-6-8-22)32-29(36)24-13-14-28-25(20-24)26(30(37)33-28)19-21-9-11-23(12-10-21)31(38)35-17-15-34(2)16-18-35/h4-14,19-20,27H,3,15-18H2,1-2H3,(H,32,36)(H,33,37)/t27-/m0/s1. The van der Waals surface area contributed by atoms with Crippen molar-refractivity contribution in [2.75, 3.05) is 38.5 Å². The van der Waals surface area contributed by atoms with Gasteiger partial charge in [0.05, 0.1) is 6.04 Å². The van der Waals surface area contributed by atoms with Crippen LogP contribution in [0.4, 0.5) is 5.69 Å². The van der Waals surface area contributed by atoms with Crippen molar-refractivity contribution in [3.05, 3.63) is 101 Å². The molecule has 0 saturated carbocycles. The highest BCUT2D eigenvalue weighted by Crippen LogP contribution is 2.34. The first kappa shape index (κ1) is 25.4. The third-order valence-corrected chi connectivity index (χ3v) is 7.24. The van der Waals surface area contributed by atoms with Crippen LogP contribution in [-0.4, -0.2) is 60.7 Å². The minimum absolute atomic E-state index is 0.0257. The summed E-state index contributed by atoms with van der Waals surface area (Å²) in [7, 11) is 2.06. The van der Waals surface area contributed by atoms with Crippen LogP contribution < -0.4 is 10.6 Å². The summed E-state index contributed by atoms with van der Waals surface area (Å²) in [5, 5.41) is 5.99. The van der Waals surface area contributed by atoms with Crippen molar-refractivity contribution in [1.82, 2.24) is 15.1 Å². The van der Waals surface area contributed by atoms with E-state index in [-0.39, 0.29) is 23.8 Å². The van der Waals surface area contributed by atoms with E-state index in [1.165, 1.54) is 0 Å². The van der Waals surface area contributed by atoms with Crippen LogP contribution >= 0.6 is 0 Å². The van der Waals surface area contributed by atoms with Gasteiger partial charge in [0.15, 0.2) is 0 Å². The maximum Gasteiger partial charge on any atom is 0.256 e. The summed E-state index contributed by atoms with van der Waals surface area (Å²) in [4.78, 5) is 42.8. The number of nitrogens with one attached hydrogen (secondary N) is 2. The molecule has 3 aromatic carbocycles. The molecule has 2 heterocycles. The Morgan fingerprint density at radius 2 is 1.63 bits per heavy atom. The monoisotopic (exact) mass is 508 g/mol. The Morgan fingerprint density at radius 1 is 0.947 bits per heavy atom. The molecule has 2 aliphatic rings. The maximum atomic E-state index is 13.1. The molecule has 5 rings (SSSR count). The van der Waals surface area contributed by atoms with Gasteiger partial charge in [-0.05, 0) is 61.0 Å². The first-order chi connectivity index (χ1) is 18.4. The average molecular weight is 509 g/mol. The molecule has 1 saturated heterocycles. The molecular formula is C31H32N4O3. The Labute approximate surface area is 223 Å². The van der Waals surface area contributed by atoms with Crippen molar-refractivity contribution < 1.29 is 14.4 Å². The van der Waals surface area contributed by atoms with E-state index in [0.29, 0.717) is 28.0 Å². The van der Waals surface area contributed by atoms with E-state index in [2.05, 4.69) is 22.6 Å². The summed E-state index contributed by atoms with van der Waals surface area (Å²) in [6.45, 7) is 5.22. The Morgan fingerprint density at radius 3 is 2.32 bits per heavy atom. The van der Waals surface area contributed by atoms with Crippen LogP contribution in [0, 0.1) is 0 Å². The lowest BCUT2D eigenvalue weighted by molar-refractivity contribution is -0.110. The molecule has 0 aliphatic carbocycles. The number of piperazine rings is 1. The third-order valence-electron chi connectivity index (χ3n) is 7.24. The van der Waals surface area contributed by atoms with E-state index < -0.39 is 0 Å². The molecule has 2 N–H and O–H groups in total. The van der Waals surface area contributed by atoms with Crippen LogP contribution in [0.25, 0.3) is 11.6 Å². The van der Waals surface area contributed by atoms with Gasteiger partial charge in [-0.15, -0.1) is 0 Å². The van der Waals surface area contributed by atoms with Crippen molar-refractivity contribution in [2.24, 2.45) is 0 Å².